The van der Waals surface area contributed by atoms with Gasteiger partial charge in [0.05, 0.1) is 18.8 Å². The smallest absolute Gasteiger partial charge is 0.246 e. The van der Waals surface area contributed by atoms with E-state index >= 15 is 0 Å². The Balaban J connectivity index is 2.03. The molecule has 8 nitrogen and oxygen atoms in total. The van der Waals surface area contributed by atoms with Gasteiger partial charge in [0, 0.05) is 24.8 Å². The molecule has 0 aliphatic rings. The highest BCUT2D eigenvalue weighted by Gasteiger charge is 2.09. The highest BCUT2D eigenvalue weighted by molar-refractivity contribution is 5.79. The van der Waals surface area contributed by atoms with Gasteiger partial charge in [0.2, 0.25) is 5.89 Å². The number of guanidine groups is 1. The van der Waals surface area contributed by atoms with Crippen molar-refractivity contribution in [1.29, 1.82) is 0 Å². The monoisotopic (exact) mass is 305 g/mol. The Bertz CT molecular complexity index is 656. The van der Waals surface area contributed by atoms with Gasteiger partial charge in [-0.1, -0.05) is 5.16 Å². The molecule has 2 aromatic heterocycles. The number of aliphatic imine (C=N–C) groups is 1. The summed E-state index contributed by atoms with van der Waals surface area (Å²) in [4.78, 5) is 8.75. The van der Waals surface area contributed by atoms with Crippen molar-refractivity contribution in [2.45, 2.75) is 40.8 Å². The van der Waals surface area contributed by atoms with E-state index in [1.807, 2.05) is 32.5 Å². The van der Waals surface area contributed by atoms with Crippen LogP contribution in [0.4, 0.5) is 0 Å². The molecule has 0 fully saturated rings. The highest BCUT2D eigenvalue weighted by atomic mass is 16.5. The average Bonchev–Trinajstić information content (AvgIpc) is 2.99. The van der Waals surface area contributed by atoms with Crippen LogP contribution in [0.1, 0.15) is 35.6 Å². The van der Waals surface area contributed by atoms with Crippen molar-refractivity contribution in [1.82, 2.24) is 30.6 Å². The van der Waals surface area contributed by atoms with Crippen molar-refractivity contribution >= 4 is 5.96 Å². The maximum absolute atomic E-state index is 5.08. The number of aryl methyl sites for hydroxylation is 3. The van der Waals surface area contributed by atoms with E-state index in [-0.39, 0.29) is 0 Å². The summed E-state index contributed by atoms with van der Waals surface area (Å²) in [6.45, 7) is 9.65. The summed E-state index contributed by atoms with van der Waals surface area (Å²) in [6, 6.07) is 0. The van der Waals surface area contributed by atoms with E-state index in [1.54, 1.807) is 6.92 Å². The van der Waals surface area contributed by atoms with Crippen molar-refractivity contribution in [3.63, 3.8) is 0 Å². The number of hydrogen-bond acceptors (Lipinski definition) is 5. The lowest BCUT2D eigenvalue weighted by molar-refractivity contribution is 0.371. The second-order valence-corrected chi connectivity index (χ2v) is 5.06. The molecule has 8 heteroatoms. The fourth-order valence-corrected chi connectivity index (χ4v) is 2.12. The summed E-state index contributed by atoms with van der Waals surface area (Å²) in [7, 11) is 1.94. The number of rotatable bonds is 5. The quantitative estimate of drug-likeness (QED) is 0.632. The van der Waals surface area contributed by atoms with Gasteiger partial charge in [0.15, 0.2) is 11.8 Å². The lowest BCUT2D eigenvalue weighted by Crippen LogP contribution is -2.36. The van der Waals surface area contributed by atoms with Gasteiger partial charge in [-0.05, 0) is 27.7 Å². The second kappa shape index (κ2) is 7.06. The molecule has 0 bridgehead atoms. The molecule has 2 heterocycles. The molecule has 2 N–H and O–H groups in total. The van der Waals surface area contributed by atoms with Crippen LogP contribution in [0.25, 0.3) is 0 Å². The van der Waals surface area contributed by atoms with Crippen molar-refractivity contribution in [3.8, 4) is 0 Å². The SMILES string of the molecule is CCNC(=NCc1c(C)nn(C)c1C)NCc1nc(C)no1. The summed E-state index contributed by atoms with van der Waals surface area (Å²) in [6.07, 6.45) is 0. The van der Waals surface area contributed by atoms with Crippen molar-refractivity contribution in [2.75, 3.05) is 6.54 Å². The summed E-state index contributed by atoms with van der Waals surface area (Å²) >= 11 is 0. The summed E-state index contributed by atoms with van der Waals surface area (Å²) in [5, 5.41) is 14.5. The predicted molar refractivity (Wildman–Crippen MR) is 83.4 cm³/mol. The van der Waals surface area contributed by atoms with Crippen molar-refractivity contribution in [2.24, 2.45) is 12.0 Å². The van der Waals surface area contributed by atoms with E-state index in [9.17, 15) is 0 Å². The Morgan fingerprint density at radius 2 is 2.05 bits per heavy atom. The Hall–Kier alpha value is -2.38. The first-order chi connectivity index (χ1) is 10.5. The molecule has 0 saturated carbocycles. The van der Waals surface area contributed by atoms with Crippen LogP contribution in [0.15, 0.2) is 9.52 Å². The molecule has 0 radical (unpaired) electrons. The van der Waals surface area contributed by atoms with Crippen LogP contribution in [-0.4, -0.2) is 32.4 Å². The summed E-state index contributed by atoms with van der Waals surface area (Å²) < 4.78 is 6.95. The summed E-state index contributed by atoms with van der Waals surface area (Å²) in [5.74, 6) is 1.87. The molecule has 2 rings (SSSR count). The predicted octanol–water partition coefficient (Wildman–Crippen LogP) is 0.984. The van der Waals surface area contributed by atoms with Gasteiger partial charge >= 0.3 is 0 Å². The van der Waals surface area contributed by atoms with Gasteiger partial charge in [0.1, 0.15) is 0 Å². The van der Waals surface area contributed by atoms with Gasteiger partial charge in [-0.2, -0.15) is 10.1 Å². The molecule has 22 heavy (non-hydrogen) atoms. The maximum atomic E-state index is 5.08. The van der Waals surface area contributed by atoms with Crippen LogP contribution < -0.4 is 10.6 Å². The van der Waals surface area contributed by atoms with E-state index < -0.39 is 0 Å². The number of nitrogens with zero attached hydrogens (tertiary/aromatic N) is 5. The molecule has 0 spiro atoms. The molecule has 0 amide bonds. The Labute approximate surface area is 130 Å². The number of aromatic nitrogens is 4. The summed E-state index contributed by atoms with van der Waals surface area (Å²) in [5.41, 5.74) is 3.28. The lowest BCUT2D eigenvalue weighted by Gasteiger charge is -2.09. The topological polar surface area (TPSA) is 93.2 Å². The van der Waals surface area contributed by atoms with Crippen LogP contribution >= 0.6 is 0 Å². The first kappa shape index (κ1) is 16.0. The molecule has 2 aromatic rings. The number of hydrogen-bond donors (Lipinski definition) is 2. The lowest BCUT2D eigenvalue weighted by atomic mass is 10.2. The third-order valence-corrected chi connectivity index (χ3v) is 3.38. The standard InChI is InChI=1S/C14H23N7O/c1-6-15-14(17-8-13-18-11(4)20-22-13)16-7-12-9(2)19-21(5)10(12)3/h6-8H2,1-5H3,(H2,15,16,17). The van der Waals surface area contributed by atoms with E-state index in [0.29, 0.717) is 30.8 Å². The van der Waals surface area contributed by atoms with Crippen LogP contribution in [0.3, 0.4) is 0 Å². The maximum Gasteiger partial charge on any atom is 0.246 e. The van der Waals surface area contributed by atoms with Gasteiger partial charge in [-0.3, -0.25) is 4.68 Å². The molecule has 120 valence electrons. The van der Waals surface area contributed by atoms with Gasteiger partial charge < -0.3 is 15.2 Å². The molecule has 0 aliphatic carbocycles. The fraction of sp³-hybridized carbons (Fsp3) is 0.571. The van der Waals surface area contributed by atoms with Gasteiger partial charge in [0.25, 0.3) is 0 Å². The fourth-order valence-electron chi connectivity index (χ4n) is 2.12. The van der Waals surface area contributed by atoms with E-state index in [0.717, 1.165) is 23.5 Å². The van der Waals surface area contributed by atoms with Crippen molar-refractivity contribution < 1.29 is 4.52 Å². The zero-order valence-corrected chi connectivity index (χ0v) is 13.8. The highest BCUT2D eigenvalue weighted by Crippen LogP contribution is 2.12. The first-order valence-corrected chi connectivity index (χ1v) is 7.31. The minimum Gasteiger partial charge on any atom is -0.357 e. The van der Waals surface area contributed by atoms with Crippen LogP contribution in [-0.2, 0) is 20.1 Å². The third-order valence-electron chi connectivity index (χ3n) is 3.38. The molecule has 0 atom stereocenters. The molecule has 0 unspecified atom stereocenters. The minimum atomic E-state index is 0.442. The average molecular weight is 305 g/mol. The van der Waals surface area contributed by atoms with Crippen LogP contribution in [0, 0.1) is 20.8 Å². The van der Waals surface area contributed by atoms with Gasteiger partial charge in [-0.25, -0.2) is 4.99 Å². The third kappa shape index (κ3) is 3.84. The minimum absolute atomic E-state index is 0.442. The molecule has 0 saturated heterocycles. The Kier molecular flexibility index (Phi) is 5.13. The Morgan fingerprint density at radius 3 is 2.59 bits per heavy atom. The van der Waals surface area contributed by atoms with Crippen LogP contribution in [0.5, 0.6) is 0 Å². The molecular formula is C14H23N7O. The second-order valence-electron chi connectivity index (χ2n) is 5.06. The van der Waals surface area contributed by atoms with E-state index in [4.69, 9.17) is 4.52 Å². The normalized spacial score (nSPS) is 11.8. The zero-order chi connectivity index (χ0) is 16.1. The molecular weight excluding hydrogens is 282 g/mol. The zero-order valence-electron chi connectivity index (χ0n) is 13.8. The largest absolute Gasteiger partial charge is 0.357 e. The van der Waals surface area contributed by atoms with E-state index in [1.165, 1.54) is 0 Å². The van der Waals surface area contributed by atoms with Crippen molar-refractivity contribution in [3.05, 3.63) is 28.7 Å². The number of nitrogens with one attached hydrogen (secondary N) is 2. The molecule has 0 aromatic carbocycles. The van der Waals surface area contributed by atoms with Gasteiger partial charge in [-0.15, -0.1) is 0 Å². The Morgan fingerprint density at radius 1 is 1.27 bits per heavy atom. The van der Waals surface area contributed by atoms with E-state index in [2.05, 4.69) is 30.9 Å². The molecule has 0 aliphatic heterocycles. The van der Waals surface area contributed by atoms with Crippen LogP contribution in [0.2, 0.25) is 0 Å². The first-order valence-electron chi connectivity index (χ1n) is 7.31.